The first-order valence-corrected chi connectivity index (χ1v) is 7.61. The van der Waals surface area contributed by atoms with Crippen LogP contribution < -0.4 is 5.32 Å². The summed E-state index contributed by atoms with van der Waals surface area (Å²) in [6, 6.07) is 11.2. The van der Waals surface area contributed by atoms with Crippen molar-refractivity contribution in [1.29, 1.82) is 0 Å². The van der Waals surface area contributed by atoms with Crippen LogP contribution in [0.15, 0.2) is 51.4 Å². The normalized spacial score (nSPS) is 12.3. The number of benzene rings is 1. The first kappa shape index (κ1) is 14.7. The lowest BCUT2D eigenvalue weighted by molar-refractivity contribution is -0.126. The van der Waals surface area contributed by atoms with Crippen molar-refractivity contribution in [3.8, 4) is 0 Å². The van der Waals surface area contributed by atoms with Gasteiger partial charge < -0.3 is 10.2 Å². The van der Waals surface area contributed by atoms with E-state index in [1.807, 2.05) is 41.8 Å². The van der Waals surface area contributed by atoms with E-state index >= 15 is 0 Å². The summed E-state index contributed by atoms with van der Waals surface area (Å²) >= 11 is 4.90. The maximum atomic E-state index is 11.9. The fraction of sp³-hybridized carbons (Fsp3) is 0.143. The molecule has 0 aliphatic rings. The van der Waals surface area contributed by atoms with Crippen molar-refractivity contribution < 1.29 is 9.63 Å². The number of hydrogen-bond donors (Lipinski definition) is 1. The minimum Gasteiger partial charge on any atom is -0.383 e. The van der Waals surface area contributed by atoms with Gasteiger partial charge in [0.15, 0.2) is 0 Å². The van der Waals surface area contributed by atoms with E-state index in [1.165, 1.54) is 0 Å². The molecule has 0 fully saturated rings. The molecule has 2 aromatic rings. The zero-order valence-corrected chi connectivity index (χ0v) is 13.1. The average Bonchev–Trinajstić information content (AvgIpc) is 2.91. The third-order valence-electron chi connectivity index (χ3n) is 2.40. The van der Waals surface area contributed by atoms with Gasteiger partial charge in [-0.15, -0.1) is 11.3 Å². The summed E-state index contributed by atoms with van der Waals surface area (Å²) in [4.78, 5) is 18.0. The van der Waals surface area contributed by atoms with Gasteiger partial charge in [0.05, 0.1) is 6.21 Å². The number of halogens is 1. The highest BCUT2D eigenvalue weighted by molar-refractivity contribution is 9.10. The number of thiophene rings is 1. The number of rotatable bonds is 5. The minimum atomic E-state index is -0.662. The molecule has 0 saturated carbocycles. The van der Waals surface area contributed by atoms with E-state index < -0.39 is 6.10 Å². The summed E-state index contributed by atoms with van der Waals surface area (Å²) in [6.07, 6.45) is 0.929. The SMILES string of the molecule is CC(O/N=C/c1cccs1)C(=O)Nc1cccc(Br)c1. The lowest BCUT2D eigenvalue weighted by Crippen LogP contribution is -2.26. The topological polar surface area (TPSA) is 50.7 Å². The van der Waals surface area contributed by atoms with Gasteiger partial charge in [0.1, 0.15) is 0 Å². The summed E-state index contributed by atoms with van der Waals surface area (Å²) in [5.74, 6) is -0.244. The molecule has 1 heterocycles. The third kappa shape index (κ3) is 4.47. The van der Waals surface area contributed by atoms with E-state index in [4.69, 9.17) is 4.84 Å². The zero-order chi connectivity index (χ0) is 14.4. The molecule has 1 unspecified atom stereocenters. The molecule has 4 nitrogen and oxygen atoms in total. The Bertz CT molecular complexity index is 599. The van der Waals surface area contributed by atoms with Crippen LogP contribution >= 0.6 is 27.3 Å². The lowest BCUT2D eigenvalue weighted by atomic mass is 10.3. The van der Waals surface area contributed by atoms with Crippen molar-refractivity contribution in [2.75, 3.05) is 5.32 Å². The van der Waals surface area contributed by atoms with E-state index in [1.54, 1.807) is 24.5 Å². The number of amides is 1. The van der Waals surface area contributed by atoms with Crippen molar-refractivity contribution in [2.45, 2.75) is 13.0 Å². The number of oxime groups is 1. The second kappa shape index (κ2) is 7.21. The van der Waals surface area contributed by atoms with Gasteiger partial charge in [-0.05, 0) is 36.6 Å². The van der Waals surface area contributed by atoms with Crippen molar-refractivity contribution in [3.63, 3.8) is 0 Å². The molecular weight excluding hydrogens is 340 g/mol. The van der Waals surface area contributed by atoms with Gasteiger partial charge >= 0.3 is 0 Å². The highest BCUT2D eigenvalue weighted by Gasteiger charge is 2.14. The minimum absolute atomic E-state index is 0.244. The number of anilines is 1. The van der Waals surface area contributed by atoms with Gasteiger partial charge in [0.25, 0.3) is 5.91 Å². The van der Waals surface area contributed by atoms with Crippen LogP contribution in [0.2, 0.25) is 0 Å². The summed E-state index contributed by atoms with van der Waals surface area (Å²) in [6.45, 7) is 1.65. The molecule has 104 valence electrons. The predicted molar refractivity (Wildman–Crippen MR) is 85.2 cm³/mol. The standard InChI is InChI=1S/C14H13BrN2O2S/c1-10(19-16-9-13-6-3-7-20-13)14(18)17-12-5-2-4-11(15)8-12/h2-10H,1H3,(H,17,18)/b16-9+. The van der Waals surface area contributed by atoms with Crippen LogP contribution in [-0.4, -0.2) is 18.2 Å². The highest BCUT2D eigenvalue weighted by atomic mass is 79.9. The summed E-state index contributed by atoms with van der Waals surface area (Å²) in [7, 11) is 0. The Balaban J connectivity index is 1.86. The van der Waals surface area contributed by atoms with E-state index in [2.05, 4.69) is 26.4 Å². The zero-order valence-electron chi connectivity index (χ0n) is 10.7. The monoisotopic (exact) mass is 352 g/mol. The molecule has 1 atom stereocenters. The van der Waals surface area contributed by atoms with Crippen LogP contribution in [0, 0.1) is 0 Å². The number of nitrogens with one attached hydrogen (secondary N) is 1. The largest absolute Gasteiger partial charge is 0.383 e. The smallest absolute Gasteiger partial charge is 0.267 e. The number of carbonyl (C=O) groups is 1. The summed E-state index contributed by atoms with van der Waals surface area (Å²) in [5.41, 5.74) is 0.710. The Labute approximate surface area is 129 Å². The first-order valence-electron chi connectivity index (χ1n) is 5.94. The number of hydrogen-bond acceptors (Lipinski definition) is 4. The highest BCUT2D eigenvalue weighted by Crippen LogP contribution is 2.16. The third-order valence-corrected chi connectivity index (χ3v) is 3.70. The number of nitrogens with zero attached hydrogens (tertiary/aromatic N) is 1. The molecule has 0 spiro atoms. The van der Waals surface area contributed by atoms with Gasteiger partial charge in [0.2, 0.25) is 6.10 Å². The molecule has 0 aliphatic heterocycles. The van der Waals surface area contributed by atoms with Gasteiger partial charge in [-0.3, -0.25) is 4.79 Å². The van der Waals surface area contributed by atoms with Crippen LogP contribution in [0.4, 0.5) is 5.69 Å². The van der Waals surface area contributed by atoms with Gasteiger partial charge in [-0.2, -0.15) is 0 Å². The van der Waals surface area contributed by atoms with Crippen LogP contribution in [0.25, 0.3) is 0 Å². The van der Waals surface area contributed by atoms with Crippen LogP contribution in [0.3, 0.4) is 0 Å². The van der Waals surface area contributed by atoms with E-state index in [0.717, 1.165) is 9.35 Å². The molecule has 0 saturated heterocycles. The van der Waals surface area contributed by atoms with Crippen molar-refractivity contribution >= 4 is 45.1 Å². The Morgan fingerprint density at radius 2 is 2.30 bits per heavy atom. The molecule has 1 aromatic heterocycles. The number of carbonyl (C=O) groups excluding carboxylic acids is 1. The Morgan fingerprint density at radius 1 is 1.45 bits per heavy atom. The van der Waals surface area contributed by atoms with E-state index in [-0.39, 0.29) is 5.91 Å². The molecule has 1 aromatic carbocycles. The molecule has 1 N–H and O–H groups in total. The second-order valence-corrected chi connectivity index (χ2v) is 5.89. The molecule has 20 heavy (non-hydrogen) atoms. The maximum Gasteiger partial charge on any atom is 0.267 e. The van der Waals surface area contributed by atoms with Gasteiger partial charge in [0, 0.05) is 15.0 Å². The van der Waals surface area contributed by atoms with Crippen molar-refractivity contribution in [3.05, 3.63) is 51.1 Å². The molecule has 6 heteroatoms. The molecular formula is C14H13BrN2O2S. The predicted octanol–water partition coefficient (Wildman–Crippen LogP) is 3.89. The fourth-order valence-electron chi connectivity index (χ4n) is 1.40. The van der Waals surface area contributed by atoms with Crippen molar-refractivity contribution in [1.82, 2.24) is 0 Å². The molecule has 2 rings (SSSR count). The maximum absolute atomic E-state index is 11.9. The second-order valence-electron chi connectivity index (χ2n) is 4.00. The summed E-state index contributed by atoms with van der Waals surface area (Å²) < 4.78 is 0.902. The van der Waals surface area contributed by atoms with Crippen molar-refractivity contribution in [2.24, 2.45) is 5.16 Å². The molecule has 0 bridgehead atoms. The van der Waals surface area contributed by atoms with Gasteiger partial charge in [-0.1, -0.05) is 33.2 Å². The van der Waals surface area contributed by atoms with Crippen LogP contribution in [-0.2, 0) is 9.63 Å². The quantitative estimate of drug-likeness (QED) is 0.655. The van der Waals surface area contributed by atoms with Gasteiger partial charge in [-0.25, -0.2) is 0 Å². The Morgan fingerprint density at radius 3 is 3.00 bits per heavy atom. The Kier molecular flexibility index (Phi) is 5.31. The average molecular weight is 353 g/mol. The lowest BCUT2D eigenvalue weighted by Gasteiger charge is -2.10. The fourth-order valence-corrected chi connectivity index (χ4v) is 2.37. The summed E-state index contributed by atoms with van der Waals surface area (Å²) in [5, 5.41) is 8.52. The van der Waals surface area contributed by atoms with E-state index in [9.17, 15) is 4.79 Å². The van der Waals surface area contributed by atoms with E-state index in [0.29, 0.717) is 5.69 Å². The molecule has 1 amide bonds. The molecule has 0 aliphatic carbocycles. The molecule has 0 radical (unpaired) electrons. The van der Waals surface area contributed by atoms with Crippen LogP contribution in [0.5, 0.6) is 0 Å². The van der Waals surface area contributed by atoms with Crippen LogP contribution in [0.1, 0.15) is 11.8 Å². The first-order chi connectivity index (χ1) is 9.65. The Hall–Kier alpha value is -1.66.